The largest absolute Gasteiger partial charge is 0.511 e. The molecule has 2 aromatic rings. The molecule has 2 N–H and O–H groups in total. The predicted octanol–water partition coefficient (Wildman–Crippen LogP) is 3.30. The molecule has 1 aliphatic heterocycles. The standard InChI is InChI=1S/C21H27N3O3S/c25-20(12-23-21(26)16-28-15-18-6-10-27-14-18)4-3-19-11-17(5-7-22-19)13-24-8-1-2-9-24/h4-7,10-11,14,25H,1-3,8-9,12-13,15-16H2,(H,23,26). The molecule has 3 rings (SSSR count). The van der Waals surface area contributed by atoms with Crippen LogP contribution in [0.15, 0.2) is 53.2 Å². The quantitative estimate of drug-likeness (QED) is 0.595. The van der Waals surface area contributed by atoms with Crippen molar-refractivity contribution in [3.63, 3.8) is 0 Å². The van der Waals surface area contributed by atoms with Gasteiger partial charge in [-0.25, -0.2) is 0 Å². The fourth-order valence-corrected chi connectivity index (χ4v) is 3.90. The summed E-state index contributed by atoms with van der Waals surface area (Å²) in [6.45, 7) is 3.42. The third-order valence-electron chi connectivity index (χ3n) is 4.58. The third kappa shape index (κ3) is 7.05. The lowest BCUT2D eigenvalue weighted by Crippen LogP contribution is -2.27. The summed E-state index contributed by atoms with van der Waals surface area (Å²) in [5.74, 6) is 1.13. The van der Waals surface area contributed by atoms with Crippen LogP contribution in [0.4, 0.5) is 0 Å². The lowest BCUT2D eigenvalue weighted by atomic mass is 10.1. The topological polar surface area (TPSA) is 78.6 Å². The van der Waals surface area contributed by atoms with Gasteiger partial charge < -0.3 is 14.8 Å². The van der Waals surface area contributed by atoms with Gasteiger partial charge in [-0.3, -0.25) is 14.7 Å². The van der Waals surface area contributed by atoms with E-state index < -0.39 is 0 Å². The summed E-state index contributed by atoms with van der Waals surface area (Å²) in [4.78, 5) is 18.7. The zero-order chi connectivity index (χ0) is 19.6. The minimum atomic E-state index is -0.0980. The molecule has 1 aliphatic rings. The van der Waals surface area contributed by atoms with E-state index in [0.29, 0.717) is 12.2 Å². The predicted molar refractivity (Wildman–Crippen MR) is 111 cm³/mol. The fraction of sp³-hybridized carbons (Fsp3) is 0.429. The molecule has 0 unspecified atom stereocenters. The third-order valence-corrected chi connectivity index (χ3v) is 5.59. The van der Waals surface area contributed by atoms with Crippen molar-refractivity contribution in [2.75, 3.05) is 25.4 Å². The van der Waals surface area contributed by atoms with Crippen LogP contribution in [0.1, 0.15) is 29.7 Å². The molecule has 28 heavy (non-hydrogen) atoms. The SMILES string of the molecule is O=C(CSCc1ccoc1)NCC(O)=CCc1cc(CN2CCCC2)ccn1. The molecule has 1 fully saturated rings. The lowest BCUT2D eigenvalue weighted by molar-refractivity contribution is -0.118. The van der Waals surface area contributed by atoms with Gasteiger partial charge in [0.2, 0.25) is 5.91 Å². The molecular weight excluding hydrogens is 374 g/mol. The fourth-order valence-electron chi connectivity index (χ4n) is 3.11. The number of aliphatic hydroxyl groups excluding tert-OH is 1. The van der Waals surface area contributed by atoms with Gasteiger partial charge in [-0.15, -0.1) is 11.8 Å². The van der Waals surface area contributed by atoms with Gasteiger partial charge in [0.25, 0.3) is 0 Å². The number of carbonyl (C=O) groups excluding carboxylic acids is 1. The van der Waals surface area contributed by atoms with E-state index in [1.54, 1.807) is 18.6 Å². The van der Waals surface area contributed by atoms with Crippen molar-refractivity contribution in [3.8, 4) is 0 Å². The number of aromatic nitrogens is 1. The number of allylic oxidation sites excluding steroid dienone is 1. The highest BCUT2D eigenvalue weighted by Gasteiger charge is 2.12. The van der Waals surface area contributed by atoms with Crippen LogP contribution in [-0.2, 0) is 23.5 Å². The van der Waals surface area contributed by atoms with Gasteiger partial charge in [-0.1, -0.05) is 0 Å². The van der Waals surface area contributed by atoms with Gasteiger partial charge in [0.1, 0.15) is 5.76 Å². The Morgan fingerprint density at radius 1 is 1.32 bits per heavy atom. The van der Waals surface area contributed by atoms with E-state index in [4.69, 9.17) is 4.42 Å². The van der Waals surface area contributed by atoms with Gasteiger partial charge in [0.05, 0.1) is 24.8 Å². The number of pyridine rings is 1. The van der Waals surface area contributed by atoms with Gasteiger partial charge in [0, 0.05) is 36.2 Å². The van der Waals surface area contributed by atoms with Crippen LogP contribution in [0.3, 0.4) is 0 Å². The number of likely N-dealkylation sites (tertiary alicyclic amines) is 1. The van der Waals surface area contributed by atoms with Crippen molar-refractivity contribution in [2.24, 2.45) is 0 Å². The molecule has 0 radical (unpaired) electrons. The maximum atomic E-state index is 11.8. The summed E-state index contributed by atoms with van der Waals surface area (Å²) in [5, 5.41) is 12.8. The molecule has 0 spiro atoms. The van der Waals surface area contributed by atoms with Crippen LogP contribution in [0, 0.1) is 0 Å². The first-order valence-corrected chi connectivity index (χ1v) is 10.7. The molecule has 0 saturated carbocycles. The van der Waals surface area contributed by atoms with E-state index in [2.05, 4.69) is 21.3 Å². The summed E-state index contributed by atoms with van der Waals surface area (Å²) < 4.78 is 4.99. The van der Waals surface area contributed by atoms with E-state index in [9.17, 15) is 9.90 Å². The average molecular weight is 402 g/mol. The Hall–Kier alpha value is -2.25. The minimum Gasteiger partial charge on any atom is -0.511 e. The van der Waals surface area contributed by atoms with Crippen molar-refractivity contribution in [2.45, 2.75) is 31.6 Å². The Morgan fingerprint density at radius 3 is 2.96 bits per heavy atom. The number of amides is 1. The minimum absolute atomic E-state index is 0.0980. The summed E-state index contributed by atoms with van der Waals surface area (Å²) >= 11 is 1.51. The van der Waals surface area contributed by atoms with Crippen LogP contribution in [-0.4, -0.2) is 46.3 Å². The molecule has 6 nitrogen and oxygen atoms in total. The van der Waals surface area contributed by atoms with E-state index >= 15 is 0 Å². The lowest BCUT2D eigenvalue weighted by Gasteiger charge is -2.14. The van der Waals surface area contributed by atoms with E-state index in [1.807, 2.05) is 18.3 Å². The van der Waals surface area contributed by atoms with Gasteiger partial charge in [0.15, 0.2) is 0 Å². The second kappa shape index (κ2) is 10.9. The summed E-state index contributed by atoms with van der Waals surface area (Å²) in [7, 11) is 0. The maximum absolute atomic E-state index is 11.8. The Balaban J connectivity index is 1.37. The molecular formula is C21H27N3O3S. The monoisotopic (exact) mass is 401 g/mol. The summed E-state index contributed by atoms with van der Waals surface area (Å²) in [6.07, 6.45) is 9.93. The zero-order valence-corrected chi connectivity index (χ0v) is 16.8. The highest BCUT2D eigenvalue weighted by molar-refractivity contribution is 7.99. The summed E-state index contributed by atoms with van der Waals surface area (Å²) in [6, 6.07) is 6.02. The smallest absolute Gasteiger partial charge is 0.230 e. The molecule has 3 heterocycles. The molecule has 0 aliphatic carbocycles. The number of aliphatic hydroxyl groups is 1. The Kier molecular flexibility index (Phi) is 7.99. The number of rotatable bonds is 10. The van der Waals surface area contributed by atoms with Crippen LogP contribution in [0.25, 0.3) is 0 Å². The first-order valence-electron chi connectivity index (χ1n) is 9.59. The number of carbonyl (C=O) groups is 1. The molecule has 0 atom stereocenters. The van der Waals surface area contributed by atoms with Crippen LogP contribution in [0.2, 0.25) is 0 Å². The molecule has 1 amide bonds. The number of furan rings is 1. The Morgan fingerprint density at radius 2 is 2.18 bits per heavy atom. The highest BCUT2D eigenvalue weighted by atomic mass is 32.2. The summed E-state index contributed by atoms with van der Waals surface area (Å²) in [5.41, 5.74) is 3.23. The van der Waals surface area contributed by atoms with Crippen molar-refractivity contribution in [1.29, 1.82) is 0 Å². The molecule has 1 saturated heterocycles. The molecule has 150 valence electrons. The van der Waals surface area contributed by atoms with E-state index in [0.717, 1.165) is 23.6 Å². The first-order chi connectivity index (χ1) is 13.7. The second-order valence-electron chi connectivity index (χ2n) is 6.94. The van der Waals surface area contributed by atoms with Crippen molar-refractivity contribution < 1.29 is 14.3 Å². The zero-order valence-electron chi connectivity index (χ0n) is 16.0. The Labute approximate surface area is 170 Å². The second-order valence-corrected chi connectivity index (χ2v) is 7.92. The van der Waals surface area contributed by atoms with Gasteiger partial charge in [-0.2, -0.15) is 0 Å². The average Bonchev–Trinajstić information content (AvgIpc) is 3.39. The van der Waals surface area contributed by atoms with E-state index in [-0.39, 0.29) is 18.2 Å². The Bertz CT molecular complexity index is 771. The van der Waals surface area contributed by atoms with Gasteiger partial charge >= 0.3 is 0 Å². The number of nitrogens with zero attached hydrogens (tertiary/aromatic N) is 2. The molecule has 2 aromatic heterocycles. The number of hydrogen-bond acceptors (Lipinski definition) is 6. The molecule has 0 bridgehead atoms. The van der Waals surface area contributed by atoms with Crippen LogP contribution in [0.5, 0.6) is 0 Å². The van der Waals surface area contributed by atoms with Crippen molar-refractivity contribution in [1.82, 2.24) is 15.2 Å². The highest BCUT2D eigenvalue weighted by Crippen LogP contribution is 2.14. The molecule has 7 heteroatoms. The first kappa shape index (κ1) is 20.5. The number of hydrogen-bond donors (Lipinski definition) is 2. The molecule has 0 aromatic carbocycles. The normalized spacial score (nSPS) is 15.1. The maximum Gasteiger partial charge on any atom is 0.230 e. The van der Waals surface area contributed by atoms with Gasteiger partial charge in [-0.05, 0) is 55.8 Å². The van der Waals surface area contributed by atoms with E-state index in [1.165, 1.54) is 43.3 Å². The number of nitrogens with one attached hydrogen (secondary N) is 1. The van der Waals surface area contributed by atoms with Crippen molar-refractivity contribution in [3.05, 3.63) is 65.6 Å². The van der Waals surface area contributed by atoms with Crippen LogP contribution >= 0.6 is 11.8 Å². The van der Waals surface area contributed by atoms with Crippen molar-refractivity contribution >= 4 is 17.7 Å². The number of thioether (sulfide) groups is 1. The van der Waals surface area contributed by atoms with Crippen LogP contribution < -0.4 is 5.32 Å².